The van der Waals surface area contributed by atoms with Gasteiger partial charge in [0.2, 0.25) is 0 Å². The highest BCUT2D eigenvalue weighted by molar-refractivity contribution is 6.36. The fourth-order valence-electron chi connectivity index (χ4n) is 1.57. The number of anilines is 1. The fourth-order valence-corrected chi connectivity index (χ4v) is 2.29. The summed E-state index contributed by atoms with van der Waals surface area (Å²) in [5.41, 5.74) is 0.844. The van der Waals surface area contributed by atoms with Crippen molar-refractivity contribution in [3.8, 4) is 0 Å². The van der Waals surface area contributed by atoms with Gasteiger partial charge in [-0.25, -0.2) is 0 Å². The number of rotatable bonds is 2. The lowest BCUT2D eigenvalue weighted by molar-refractivity contribution is 0.151. The van der Waals surface area contributed by atoms with E-state index in [1.807, 2.05) is 6.07 Å². The molecule has 1 heterocycles. The van der Waals surface area contributed by atoms with Crippen molar-refractivity contribution in [3.05, 3.63) is 34.9 Å². The Morgan fingerprint density at radius 2 is 2.12 bits per heavy atom. The molecule has 1 saturated heterocycles. The maximum Gasteiger partial charge on any atom is 0.103 e. The zero-order valence-electron chi connectivity index (χ0n) is 8.42. The van der Waals surface area contributed by atoms with Crippen LogP contribution < -0.4 is 5.32 Å². The summed E-state index contributed by atoms with van der Waals surface area (Å²) in [6, 6.07) is 5.48. The Morgan fingerprint density at radius 1 is 1.31 bits per heavy atom. The van der Waals surface area contributed by atoms with Crippen molar-refractivity contribution in [1.29, 1.82) is 0 Å². The zero-order chi connectivity index (χ0) is 11.5. The highest BCUT2D eigenvalue weighted by Gasteiger charge is 2.24. The molecule has 1 N–H and O–H groups in total. The van der Waals surface area contributed by atoms with E-state index in [4.69, 9.17) is 39.5 Å². The quantitative estimate of drug-likeness (QED) is 0.827. The molecule has 0 aromatic heterocycles. The van der Waals surface area contributed by atoms with E-state index in [-0.39, 0.29) is 11.4 Å². The normalized spacial score (nSPS) is 25.4. The number of hydrogen-bond acceptors (Lipinski definition) is 2. The van der Waals surface area contributed by atoms with Gasteiger partial charge in [-0.05, 0) is 24.6 Å². The lowest BCUT2D eigenvalue weighted by atomic mass is 10.1. The van der Waals surface area contributed by atoms with Crippen molar-refractivity contribution in [2.24, 2.45) is 0 Å². The van der Waals surface area contributed by atoms with Gasteiger partial charge in [-0.15, -0.1) is 11.6 Å². The predicted octanol–water partition coefficient (Wildman–Crippen LogP) is 3.96. The molecule has 2 rings (SSSR count). The summed E-state index contributed by atoms with van der Waals surface area (Å²) in [6.07, 6.45) is 0.851. The third-order valence-corrected chi connectivity index (χ3v) is 3.38. The minimum atomic E-state index is -0.152. The molecule has 0 bridgehead atoms. The first-order valence-corrected chi connectivity index (χ1v) is 6.16. The van der Waals surface area contributed by atoms with Crippen molar-refractivity contribution in [2.45, 2.75) is 17.8 Å². The highest BCUT2D eigenvalue weighted by Crippen LogP contribution is 2.28. The number of nitrogens with one attached hydrogen (secondary N) is 1. The van der Waals surface area contributed by atoms with Crippen LogP contribution in [-0.2, 0) is 4.74 Å². The average Bonchev–Trinajstić information content (AvgIpc) is 2.25. The van der Waals surface area contributed by atoms with Crippen molar-refractivity contribution >= 4 is 40.5 Å². The predicted molar refractivity (Wildman–Crippen MR) is 68.4 cm³/mol. The van der Waals surface area contributed by atoms with Crippen LogP contribution in [0.15, 0.2) is 18.2 Å². The maximum atomic E-state index is 6.10. The number of ether oxygens (including phenoxy) is 1. The number of hydrogen-bond donors (Lipinski definition) is 1. The third-order valence-electron chi connectivity index (χ3n) is 2.43. The molecule has 1 aliphatic heterocycles. The second-order valence-electron chi connectivity index (χ2n) is 3.61. The third kappa shape index (κ3) is 2.95. The Bertz CT molecular complexity index is 372. The topological polar surface area (TPSA) is 21.3 Å². The van der Waals surface area contributed by atoms with Gasteiger partial charge in [-0.1, -0.05) is 23.2 Å². The van der Waals surface area contributed by atoms with Crippen LogP contribution in [-0.4, -0.2) is 18.0 Å². The van der Waals surface area contributed by atoms with Crippen LogP contribution in [0.5, 0.6) is 0 Å². The first-order chi connectivity index (χ1) is 7.66. The van der Waals surface area contributed by atoms with E-state index in [0.717, 1.165) is 12.1 Å². The monoisotopic (exact) mass is 278 g/mol. The van der Waals surface area contributed by atoms with E-state index in [9.17, 15) is 0 Å². The van der Waals surface area contributed by atoms with Crippen LogP contribution in [0.4, 0.5) is 5.69 Å². The van der Waals surface area contributed by atoms with Gasteiger partial charge in [0.25, 0.3) is 0 Å². The van der Waals surface area contributed by atoms with Gasteiger partial charge >= 0.3 is 0 Å². The van der Waals surface area contributed by atoms with Gasteiger partial charge in [0.15, 0.2) is 0 Å². The van der Waals surface area contributed by atoms with Crippen molar-refractivity contribution in [3.63, 3.8) is 0 Å². The Labute approximate surface area is 110 Å². The first-order valence-electron chi connectivity index (χ1n) is 4.97. The van der Waals surface area contributed by atoms with Crippen molar-refractivity contribution in [2.75, 3.05) is 11.9 Å². The Balaban J connectivity index is 2.07. The Kier molecular flexibility index (Phi) is 4.20. The first kappa shape index (κ1) is 12.3. The zero-order valence-corrected chi connectivity index (χ0v) is 10.7. The molecule has 1 aromatic carbocycles. The molecular weight excluding hydrogens is 268 g/mol. The SMILES string of the molecule is Clc1ccc(NC2CCO[CH]C2Cl)c(Cl)c1. The molecule has 0 spiro atoms. The van der Waals surface area contributed by atoms with E-state index < -0.39 is 0 Å². The molecule has 1 radical (unpaired) electrons. The van der Waals surface area contributed by atoms with Crippen molar-refractivity contribution in [1.82, 2.24) is 0 Å². The highest BCUT2D eigenvalue weighted by atomic mass is 35.5. The molecule has 5 heteroatoms. The average molecular weight is 280 g/mol. The largest absolute Gasteiger partial charge is 0.379 e. The summed E-state index contributed by atoms with van der Waals surface area (Å²) in [6.45, 7) is 2.32. The molecule has 0 aliphatic carbocycles. The number of alkyl halides is 1. The maximum absolute atomic E-state index is 6.10. The van der Waals surface area contributed by atoms with Crippen LogP contribution in [0.2, 0.25) is 10.0 Å². The standard InChI is InChI=1S/C11H11Cl3NO/c12-7-1-2-10(8(13)5-7)15-11-3-4-16-6-9(11)14/h1-2,5-6,9,11,15H,3-4H2. The van der Waals surface area contributed by atoms with E-state index in [2.05, 4.69) is 5.32 Å². The van der Waals surface area contributed by atoms with Gasteiger partial charge in [-0.3, -0.25) is 0 Å². The van der Waals surface area contributed by atoms with Gasteiger partial charge in [0, 0.05) is 17.7 Å². The summed E-state index contributed by atoms with van der Waals surface area (Å²) in [7, 11) is 0. The fraction of sp³-hybridized carbons (Fsp3) is 0.364. The van der Waals surface area contributed by atoms with E-state index in [1.54, 1.807) is 18.7 Å². The summed E-state index contributed by atoms with van der Waals surface area (Å²) >= 11 is 18.0. The van der Waals surface area contributed by atoms with Gasteiger partial charge in [-0.2, -0.15) is 0 Å². The molecule has 2 atom stereocenters. The minimum Gasteiger partial charge on any atom is -0.379 e. The van der Waals surface area contributed by atoms with Crippen LogP contribution in [0.25, 0.3) is 0 Å². The summed E-state index contributed by atoms with van der Waals surface area (Å²) in [5.74, 6) is 0. The van der Waals surface area contributed by atoms with Gasteiger partial charge in [0.05, 0.1) is 16.1 Å². The number of halogens is 3. The minimum absolute atomic E-state index is 0.133. The summed E-state index contributed by atoms with van der Waals surface area (Å²) in [4.78, 5) is 0. The van der Waals surface area contributed by atoms with E-state index in [0.29, 0.717) is 16.7 Å². The number of benzene rings is 1. The van der Waals surface area contributed by atoms with E-state index in [1.165, 1.54) is 0 Å². The summed E-state index contributed by atoms with van der Waals surface area (Å²) < 4.78 is 5.15. The van der Waals surface area contributed by atoms with Crippen LogP contribution in [0.3, 0.4) is 0 Å². The second kappa shape index (κ2) is 5.46. The van der Waals surface area contributed by atoms with Crippen LogP contribution >= 0.6 is 34.8 Å². The lowest BCUT2D eigenvalue weighted by Gasteiger charge is -2.28. The van der Waals surface area contributed by atoms with E-state index >= 15 is 0 Å². The van der Waals surface area contributed by atoms with Gasteiger partial charge in [0.1, 0.15) is 6.61 Å². The lowest BCUT2D eigenvalue weighted by Crippen LogP contribution is -2.36. The molecule has 0 amide bonds. The Morgan fingerprint density at radius 3 is 2.81 bits per heavy atom. The molecule has 1 fully saturated rings. The van der Waals surface area contributed by atoms with Crippen LogP contribution in [0.1, 0.15) is 6.42 Å². The second-order valence-corrected chi connectivity index (χ2v) is 4.96. The molecule has 2 unspecified atom stereocenters. The molecular formula is C11H11Cl3NO. The molecule has 2 nitrogen and oxygen atoms in total. The van der Waals surface area contributed by atoms with Crippen LogP contribution in [0, 0.1) is 6.61 Å². The molecule has 1 aliphatic rings. The molecule has 87 valence electrons. The van der Waals surface area contributed by atoms with Gasteiger partial charge < -0.3 is 10.1 Å². The smallest absolute Gasteiger partial charge is 0.103 e. The van der Waals surface area contributed by atoms with Crippen molar-refractivity contribution < 1.29 is 4.74 Å². The molecule has 0 saturated carbocycles. The Hall–Kier alpha value is -0.150. The molecule has 1 aromatic rings. The summed E-state index contributed by atoms with van der Waals surface area (Å²) in [5, 5.41) is 4.36. The molecule has 16 heavy (non-hydrogen) atoms.